The fourth-order valence-electron chi connectivity index (χ4n) is 2.56. The van der Waals surface area contributed by atoms with E-state index in [-0.39, 0.29) is 5.41 Å². The Hall–Kier alpha value is -2.88. The molecule has 0 saturated heterocycles. The Morgan fingerprint density at radius 3 is 2.67 bits per heavy atom. The Morgan fingerprint density at radius 1 is 1.17 bits per heavy atom. The summed E-state index contributed by atoms with van der Waals surface area (Å²) in [5.74, 6) is -0.954. The van der Waals surface area contributed by atoms with Gasteiger partial charge in [-0.25, -0.2) is 9.48 Å². The molecule has 2 aromatic carbocycles. The van der Waals surface area contributed by atoms with Crippen molar-refractivity contribution in [2.45, 2.75) is 26.2 Å². The third kappa shape index (κ3) is 3.38. The highest BCUT2D eigenvalue weighted by Crippen LogP contribution is 2.25. The number of carbonyl (C=O) groups is 1. The molecule has 0 radical (unpaired) electrons. The van der Waals surface area contributed by atoms with Crippen LogP contribution in [0.2, 0.25) is 0 Å². The first-order valence-corrected chi connectivity index (χ1v) is 7.84. The average Bonchev–Trinajstić information content (AvgIpc) is 2.95. The lowest BCUT2D eigenvalue weighted by molar-refractivity contribution is -0.131. The number of rotatable bonds is 3. The summed E-state index contributed by atoms with van der Waals surface area (Å²) < 4.78 is 1.87. The first kappa shape index (κ1) is 16.0. The molecule has 3 rings (SSSR count). The molecule has 1 N–H and O–H groups in total. The van der Waals surface area contributed by atoms with Gasteiger partial charge in [0, 0.05) is 17.7 Å². The van der Waals surface area contributed by atoms with Crippen LogP contribution in [0.1, 0.15) is 31.9 Å². The number of benzene rings is 2. The maximum Gasteiger partial charge on any atom is 0.328 e. The molecule has 0 saturated carbocycles. The van der Waals surface area contributed by atoms with Gasteiger partial charge in [-0.3, -0.25) is 0 Å². The van der Waals surface area contributed by atoms with E-state index >= 15 is 0 Å². The van der Waals surface area contributed by atoms with Crippen molar-refractivity contribution in [1.82, 2.24) is 9.78 Å². The molecule has 4 heteroatoms. The van der Waals surface area contributed by atoms with Crippen molar-refractivity contribution in [2.75, 3.05) is 0 Å². The van der Waals surface area contributed by atoms with E-state index in [9.17, 15) is 4.79 Å². The second-order valence-electron chi connectivity index (χ2n) is 6.86. The predicted octanol–water partition coefficient (Wildman–Crippen LogP) is 4.42. The Labute approximate surface area is 141 Å². The Bertz CT molecular complexity index is 930. The van der Waals surface area contributed by atoms with Crippen molar-refractivity contribution in [3.63, 3.8) is 0 Å². The number of hydrogen-bond acceptors (Lipinski definition) is 2. The molecule has 0 spiro atoms. The van der Waals surface area contributed by atoms with Crippen LogP contribution < -0.4 is 0 Å². The second kappa shape index (κ2) is 5.96. The number of aliphatic carboxylic acids is 1. The van der Waals surface area contributed by atoms with Crippen molar-refractivity contribution in [3.05, 3.63) is 65.9 Å². The molecule has 0 amide bonds. The maximum atomic E-state index is 10.6. The lowest BCUT2D eigenvalue weighted by atomic mass is 9.87. The Kier molecular flexibility index (Phi) is 3.97. The van der Waals surface area contributed by atoms with Crippen molar-refractivity contribution < 1.29 is 9.90 Å². The van der Waals surface area contributed by atoms with E-state index in [2.05, 4.69) is 38.0 Å². The molecule has 24 heavy (non-hydrogen) atoms. The number of hydrogen-bond donors (Lipinski definition) is 1. The fraction of sp³-hybridized carbons (Fsp3) is 0.200. The Morgan fingerprint density at radius 2 is 1.96 bits per heavy atom. The molecule has 0 aliphatic heterocycles. The van der Waals surface area contributed by atoms with Crippen molar-refractivity contribution in [1.29, 1.82) is 0 Å². The van der Waals surface area contributed by atoms with Crippen LogP contribution in [0.15, 0.2) is 54.7 Å². The first-order chi connectivity index (χ1) is 11.3. The van der Waals surface area contributed by atoms with Crippen LogP contribution >= 0.6 is 0 Å². The number of aromatic nitrogens is 2. The van der Waals surface area contributed by atoms with Gasteiger partial charge in [0.25, 0.3) is 0 Å². The summed E-state index contributed by atoms with van der Waals surface area (Å²) in [4.78, 5) is 10.6. The monoisotopic (exact) mass is 320 g/mol. The lowest BCUT2D eigenvalue weighted by Gasteiger charge is -2.19. The molecular weight excluding hydrogens is 300 g/mol. The Balaban J connectivity index is 2.01. The van der Waals surface area contributed by atoms with Crippen LogP contribution in [0.3, 0.4) is 0 Å². The van der Waals surface area contributed by atoms with Crippen molar-refractivity contribution in [3.8, 4) is 5.69 Å². The van der Waals surface area contributed by atoms with Crippen LogP contribution in [0, 0.1) is 0 Å². The third-order valence-electron chi connectivity index (χ3n) is 3.92. The molecule has 122 valence electrons. The zero-order chi connectivity index (χ0) is 17.3. The van der Waals surface area contributed by atoms with Crippen LogP contribution in [-0.2, 0) is 10.2 Å². The van der Waals surface area contributed by atoms with E-state index in [1.165, 1.54) is 5.56 Å². The number of fused-ring (bicyclic) bond motifs is 1. The van der Waals surface area contributed by atoms with Crippen LogP contribution in [0.25, 0.3) is 22.7 Å². The second-order valence-corrected chi connectivity index (χ2v) is 6.86. The van der Waals surface area contributed by atoms with E-state index in [1.807, 2.05) is 41.2 Å². The van der Waals surface area contributed by atoms with Crippen molar-refractivity contribution in [2.24, 2.45) is 0 Å². The highest BCUT2D eigenvalue weighted by atomic mass is 16.4. The fourth-order valence-corrected chi connectivity index (χ4v) is 2.56. The highest BCUT2D eigenvalue weighted by Gasteiger charge is 2.14. The topological polar surface area (TPSA) is 55.1 Å². The van der Waals surface area contributed by atoms with Gasteiger partial charge in [0.05, 0.1) is 11.2 Å². The molecule has 0 unspecified atom stereocenters. The molecule has 0 bridgehead atoms. The zero-order valence-corrected chi connectivity index (χ0v) is 14.0. The van der Waals surface area contributed by atoms with Crippen molar-refractivity contribution >= 4 is 22.9 Å². The minimum Gasteiger partial charge on any atom is -0.478 e. The number of carboxylic acid groups (broad SMARTS) is 1. The van der Waals surface area contributed by atoms with Gasteiger partial charge in [-0.2, -0.15) is 5.10 Å². The van der Waals surface area contributed by atoms with Crippen LogP contribution in [0.5, 0.6) is 0 Å². The van der Waals surface area contributed by atoms with E-state index in [1.54, 1.807) is 6.08 Å². The number of nitrogens with zero attached hydrogens (tertiary/aromatic N) is 2. The lowest BCUT2D eigenvalue weighted by Crippen LogP contribution is -2.11. The quantitative estimate of drug-likeness (QED) is 0.727. The molecule has 0 aliphatic rings. The van der Waals surface area contributed by atoms with Gasteiger partial charge < -0.3 is 5.11 Å². The van der Waals surface area contributed by atoms with Gasteiger partial charge in [0.2, 0.25) is 0 Å². The van der Waals surface area contributed by atoms with E-state index in [0.717, 1.165) is 28.2 Å². The first-order valence-electron chi connectivity index (χ1n) is 7.84. The smallest absolute Gasteiger partial charge is 0.328 e. The molecule has 0 fully saturated rings. The molecule has 0 aliphatic carbocycles. The van der Waals surface area contributed by atoms with E-state index in [0.29, 0.717) is 0 Å². The molecule has 3 aromatic rings. The standard InChI is InChI=1S/C20H20N2O2/c1-20(2,3)16-5-4-6-17(12-16)22-13-15-11-14(8-10-19(23)24)7-9-18(15)21-22/h4-13H,1-3H3,(H,23,24)/b10-8+. The minimum atomic E-state index is -0.954. The summed E-state index contributed by atoms with van der Waals surface area (Å²) in [5, 5.41) is 14.3. The minimum absolute atomic E-state index is 0.0807. The summed E-state index contributed by atoms with van der Waals surface area (Å²) in [7, 11) is 0. The van der Waals surface area contributed by atoms with Gasteiger partial charge in [-0.1, -0.05) is 39.0 Å². The highest BCUT2D eigenvalue weighted by molar-refractivity contribution is 5.87. The van der Waals surface area contributed by atoms with E-state index < -0.39 is 5.97 Å². The van der Waals surface area contributed by atoms with Gasteiger partial charge in [0.15, 0.2) is 0 Å². The largest absolute Gasteiger partial charge is 0.478 e. The summed E-state index contributed by atoms with van der Waals surface area (Å²) >= 11 is 0. The van der Waals surface area contributed by atoms with Gasteiger partial charge >= 0.3 is 5.97 Å². The van der Waals surface area contributed by atoms with Crippen LogP contribution in [0.4, 0.5) is 0 Å². The van der Waals surface area contributed by atoms with Gasteiger partial charge in [0.1, 0.15) is 0 Å². The van der Waals surface area contributed by atoms with Gasteiger partial charge in [-0.05, 0) is 46.9 Å². The molecule has 1 aromatic heterocycles. The molecule has 1 heterocycles. The normalized spacial score (nSPS) is 12.1. The maximum absolute atomic E-state index is 10.6. The predicted molar refractivity (Wildman–Crippen MR) is 96.4 cm³/mol. The zero-order valence-electron chi connectivity index (χ0n) is 14.0. The molecule has 4 nitrogen and oxygen atoms in total. The van der Waals surface area contributed by atoms with E-state index in [4.69, 9.17) is 5.11 Å². The average molecular weight is 320 g/mol. The SMILES string of the molecule is CC(C)(C)c1cccc(-n2cc3cc(/C=C/C(=O)O)ccc3n2)c1. The summed E-state index contributed by atoms with van der Waals surface area (Å²) in [6.45, 7) is 6.56. The summed E-state index contributed by atoms with van der Waals surface area (Å²) in [6, 6.07) is 14.1. The number of carboxylic acids is 1. The molecular formula is C20H20N2O2. The van der Waals surface area contributed by atoms with Gasteiger partial charge in [-0.15, -0.1) is 0 Å². The van der Waals surface area contributed by atoms with Crippen LogP contribution in [-0.4, -0.2) is 20.9 Å². The summed E-state index contributed by atoms with van der Waals surface area (Å²) in [5.41, 5.74) is 4.07. The summed E-state index contributed by atoms with van der Waals surface area (Å²) in [6.07, 6.45) is 4.69. The third-order valence-corrected chi connectivity index (χ3v) is 3.92. The molecule has 0 atom stereocenters.